The maximum absolute atomic E-state index is 12.8. The van der Waals surface area contributed by atoms with E-state index in [1.165, 1.54) is 12.1 Å². The minimum atomic E-state index is -4.67. The number of esters is 1. The number of ether oxygens (including phenoxy) is 1. The van der Waals surface area contributed by atoms with Crippen LogP contribution in [0.25, 0.3) is 0 Å². The van der Waals surface area contributed by atoms with Gasteiger partial charge in [0.05, 0.1) is 10.6 Å². The van der Waals surface area contributed by atoms with Crippen molar-refractivity contribution in [2.45, 2.75) is 12.8 Å². The van der Waals surface area contributed by atoms with Gasteiger partial charge in [-0.05, 0) is 18.2 Å². The molecular weight excluding hydrogens is 327 g/mol. The SMILES string of the molecule is Cn1nnc(COC(=O)c2ccc(Cl)c(O)c2)c1C(F)(F)F. The van der Waals surface area contributed by atoms with E-state index in [-0.39, 0.29) is 16.3 Å². The highest BCUT2D eigenvalue weighted by Gasteiger charge is 2.38. The number of rotatable bonds is 3. The number of aromatic hydroxyl groups is 1. The largest absolute Gasteiger partial charge is 0.506 e. The molecule has 22 heavy (non-hydrogen) atoms. The van der Waals surface area contributed by atoms with E-state index in [9.17, 15) is 23.1 Å². The van der Waals surface area contributed by atoms with Crippen molar-refractivity contribution in [3.63, 3.8) is 0 Å². The highest BCUT2D eigenvalue weighted by molar-refractivity contribution is 6.32. The van der Waals surface area contributed by atoms with Crippen molar-refractivity contribution in [2.24, 2.45) is 7.05 Å². The first-order valence-electron chi connectivity index (χ1n) is 5.81. The van der Waals surface area contributed by atoms with Crippen molar-refractivity contribution in [3.05, 3.63) is 40.2 Å². The number of aromatic nitrogens is 3. The Bertz CT molecular complexity index is 715. The molecule has 0 atom stereocenters. The molecule has 0 fully saturated rings. The lowest BCUT2D eigenvalue weighted by molar-refractivity contribution is -0.144. The third-order valence-corrected chi connectivity index (χ3v) is 3.01. The Balaban J connectivity index is 2.13. The Kier molecular flexibility index (Phi) is 4.27. The summed E-state index contributed by atoms with van der Waals surface area (Å²) < 4.78 is 43.7. The van der Waals surface area contributed by atoms with Crippen LogP contribution in [0, 0.1) is 0 Å². The molecule has 1 aromatic heterocycles. The predicted molar refractivity (Wildman–Crippen MR) is 68.2 cm³/mol. The van der Waals surface area contributed by atoms with Crippen LogP contribution in [0.5, 0.6) is 5.75 Å². The quantitative estimate of drug-likeness (QED) is 0.872. The van der Waals surface area contributed by atoms with Gasteiger partial charge in [0.1, 0.15) is 18.1 Å². The molecule has 1 N–H and O–H groups in total. The van der Waals surface area contributed by atoms with Crippen LogP contribution >= 0.6 is 11.6 Å². The summed E-state index contributed by atoms with van der Waals surface area (Å²) in [4.78, 5) is 11.7. The van der Waals surface area contributed by atoms with Crippen molar-refractivity contribution in [1.29, 1.82) is 0 Å². The topological polar surface area (TPSA) is 77.2 Å². The van der Waals surface area contributed by atoms with Crippen LogP contribution in [-0.2, 0) is 24.6 Å². The second-order valence-electron chi connectivity index (χ2n) is 4.25. The number of alkyl halides is 3. The van der Waals surface area contributed by atoms with Crippen LogP contribution in [0.1, 0.15) is 21.7 Å². The fourth-order valence-electron chi connectivity index (χ4n) is 1.70. The molecule has 1 heterocycles. The molecule has 0 amide bonds. The number of hydrogen-bond donors (Lipinski definition) is 1. The van der Waals surface area contributed by atoms with Gasteiger partial charge in [-0.3, -0.25) is 0 Å². The molecule has 0 unspecified atom stereocenters. The first kappa shape index (κ1) is 16.1. The summed E-state index contributed by atoms with van der Waals surface area (Å²) in [7, 11) is 1.08. The zero-order valence-electron chi connectivity index (χ0n) is 11.1. The van der Waals surface area contributed by atoms with E-state index in [2.05, 4.69) is 10.3 Å². The Hall–Kier alpha value is -2.29. The van der Waals surface area contributed by atoms with Crippen LogP contribution in [0.2, 0.25) is 5.02 Å². The zero-order chi connectivity index (χ0) is 16.5. The van der Waals surface area contributed by atoms with Gasteiger partial charge in [-0.25, -0.2) is 9.48 Å². The molecule has 0 saturated carbocycles. The molecule has 0 spiro atoms. The molecule has 118 valence electrons. The van der Waals surface area contributed by atoms with Gasteiger partial charge in [0.2, 0.25) is 0 Å². The first-order valence-corrected chi connectivity index (χ1v) is 6.19. The van der Waals surface area contributed by atoms with Gasteiger partial charge in [-0.1, -0.05) is 16.8 Å². The minimum absolute atomic E-state index is 0.0323. The van der Waals surface area contributed by atoms with Gasteiger partial charge >= 0.3 is 12.1 Å². The van der Waals surface area contributed by atoms with Crippen molar-refractivity contribution in [2.75, 3.05) is 0 Å². The van der Waals surface area contributed by atoms with Crippen LogP contribution < -0.4 is 0 Å². The van der Waals surface area contributed by atoms with E-state index in [1.54, 1.807) is 0 Å². The lowest BCUT2D eigenvalue weighted by atomic mass is 10.2. The Morgan fingerprint density at radius 2 is 2.14 bits per heavy atom. The lowest BCUT2D eigenvalue weighted by Gasteiger charge is -2.09. The standard InChI is InChI=1S/C12H9ClF3N3O3/c1-19-10(12(14,15)16)8(17-18-19)5-22-11(21)6-2-3-7(13)9(20)4-6/h2-4,20H,5H2,1H3. The molecular formula is C12H9ClF3N3O3. The summed E-state index contributed by atoms with van der Waals surface area (Å²) in [5, 5.41) is 16.0. The fraction of sp³-hybridized carbons (Fsp3) is 0.250. The maximum atomic E-state index is 12.8. The molecule has 1 aromatic carbocycles. The average molecular weight is 336 g/mol. The Labute approximate surface area is 127 Å². The number of halogens is 4. The maximum Gasteiger partial charge on any atom is 0.435 e. The monoisotopic (exact) mass is 335 g/mol. The number of phenols is 1. The van der Waals surface area contributed by atoms with Crippen LogP contribution in [0.15, 0.2) is 18.2 Å². The van der Waals surface area contributed by atoms with Crippen LogP contribution in [0.4, 0.5) is 13.2 Å². The molecule has 0 saturated heterocycles. The highest BCUT2D eigenvalue weighted by Crippen LogP contribution is 2.31. The molecule has 10 heteroatoms. The molecule has 6 nitrogen and oxygen atoms in total. The smallest absolute Gasteiger partial charge is 0.435 e. The van der Waals surface area contributed by atoms with Gasteiger partial charge in [0.25, 0.3) is 0 Å². The Morgan fingerprint density at radius 1 is 1.45 bits per heavy atom. The lowest BCUT2D eigenvalue weighted by Crippen LogP contribution is -2.15. The van der Waals surface area contributed by atoms with E-state index < -0.39 is 30.1 Å². The third kappa shape index (κ3) is 3.30. The van der Waals surface area contributed by atoms with Crippen molar-refractivity contribution < 1.29 is 27.8 Å². The number of benzene rings is 1. The number of aryl methyl sites for hydroxylation is 1. The normalized spacial score (nSPS) is 11.5. The van der Waals surface area contributed by atoms with Gasteiger partial charge in [0.15, 0.2) is 5.69 Å². The number of hydrogen-bond acceptors (Lipinski definition) is 5. The number of carbonyl (C=O) groups is 1. The highest BCUT2D eigenvalue weighted by atomic mass is 35.5. The third-order valence-electron chi connectivity index (χ3n) is 2.69. The summed E-state index contributed by atoms with van der Waals surface area (Å²) in [6, 6.07) is 3.58. The van der Waals surface area contributed by atoms with Crippen LogP contribution in [-0.4, -0.2) is 26.1 Å². The van der Waals surface area contributed by atoms with E-state index in [0.717, 1.165) is 13.1 Å². The van der Waals surface area contributed by atoms with E-state index in [4.69, 9.17) is 16.3 Å². The number of phenolic OH excluding ortho intramolecular Hbond substituents is 1. The number of nitrogens with zero attached hydrogens (tertiary/aromatic N) is 3. The van der Waals surface area contributed by atoms with E-state index in [0.29, 0.717) is 4.68 Å². The Morgan fingerprint density at radius 3 is 2.73 bits per heavy atom. The molecule has 2 rings (SSSR count). The minimum Gasteiger partial charge on any atom is -0.506 e. The van der Waals surface area contributed by atoms with Gasteiger partial charge in [0, 0.05) is 7.05 Å². The predicted octanol–water partition coefficient (Wildman–Crippen LogP) is 2.55. The molecule has 0 radical (unpaired) electrons. The molecule has 0 aliphatic carbocycles. The van der Waals surface area contributed by atoms with Crippen molar-refractivity contribution in [3.8, 4) is 5.75 Å². The summed E-state index contributed by atoms with van der Waals surface area (Å²) >= 11 is 5.58. The van der Waals surface area contributed by atoms with Gasteiger partial charge in [-0.15, -0.1) is 5.10 Å². The molecule has 0 bridgehead atoms. The van der Waals surface area contributed by atoms with E-state index >= 15 is 0 Å². The average Bonchev–Trinajstić information content (AvgIpc) is 2.80. The van der Waals surface area contributed by atoms with E-state index in [1.807, 2.05) is 0 Å². The van der Waals surface area contributed by atoms with Gasteiger partial charge < -0.3 is 9.84 Å². The second-order valence-corrected chi connectivity index (χ2v) is 4.66. The summed E-state index contributed by atoms with van der Waals surface area (Å²) in [5.74, 6) is -1.27. The fourth-order valence-corrected chi connectivity index (χ4v) is 1.82. The van der Waals surface area contributed by atoms with Gasteiger partial charge in [-0.2, -0.15) is 13.2 Å². The number of carbonyl (C=O) groups excluding carboxylic acids is 1. The molecule has 2 aromatic rings. The summed E-state index contributed by atoms with van der Waals surface area (Å²) in [6.45, 7) is -0.703. The summed E-state index contributed by atoms with van der Waals surface area (Å²) in [6.07, 6.45) is -4.67. The summed E-state index contributed by atoms with van der Waals surface area (Å²) in [5.41, 5.74) is -1.67. The molecule has 0 aliphatic rings. The second kappa shape index (κ2) is 5.84. The van der Waals surface area contributed by atoms with Crippen molar-refractivity contribution in [1.82, 2.24) is 15.0 Å². The first-order chi connectivity index (χ1) is 10.2. The van der Waals surface area contributed by atoms with Crippen LogP contribution in [0.3, 0.4) is 0 Å². The zero-order valence-corrected chi connectivity index (χ0v) is 11.8. The van der Waals surface area contributed by atoms with Crippen molar-refractivity contribution >= 4 is 17.6 Å². The molecule has 0 aliphatic heterocycles.